The zero-order chi connectivity index (χ0) is 22.0. The summed E-state index contributed by atoms with van der Waals surface area (Å²) in [4.78, 5) is 0. The Morgan fingerprint density at radius 1 is 0.548 bits per heavy atom. The van der Waals surface area contributed by atoms with Crippen molar-refractivity contribution in [2.75, 3.05) is 0 Å². The van der Waals surface area contributed by atoms with Crippen molar-refractivity contribution in [2.24, 2.45) is 0 Å². The van der Waals surface area contributed by atoms with Gasteiger partial charge >= 0.3 is 7.82 Å². The number of hydrogen-bond donors (Lipinski definition) is 0. The van der Waals surface area contributed by atoms with Crippen LogP contribution in [-0.4, -0.2) is 0 Å². The predicted octanol–water partition coefficient (Wildman–Crippen LogP) is 7.72. The topological polar surface area (TPSA) is 44.8 Å². The molecule has 0 aromatic heterocycles. The highest BCUT2D eigenvalue weighted by Crippen LogP contribution is 2.52. The van der Waals surface area contributed by atoms with Gasteiger partial charge in [0.05, 0.1) is 0 Å². The van der Waals surface area contributed by atoms with Gasteiger partial charge in [0.1, 0.15) is 17.2 Å². The molecule has 0 saturated heterocycles. The highest BCUT2D eigenvalue weighted by Gasteiger charge is 2.35. The van der Waals surface area contributed by atoms with Gasteiger partial charge in [0.25, 0.3) is 0 Å². The summed E-state index contributed by atoms with van der Waals surface area (Å²) >= 11 is 0. The van der Waals surface area contributed by atoms with E-state index in [4.69, 9.17) is 13.6 Å². The van der Waals surface area contributed by atoms with Crippen molar-refractivity contribution in [2.45, 2.75) is 27.7 Å². The van der Waals surface area contributed by atoms with E-state index >= 15 is 0 Å². The van der Waals surface area contributed by atoms with Crippen molar-refractivity contribution in [3.63, 3.8) is 0 Å². The van der Waals surface area contributed by atoms with E-state index in [1.54, 1.807) is 18.2 Å². The fourth-order valence-corrected chi connectivity index (χ4v) is 4.73. The number of phosphoric ester groups is 1. The van der Waals surface area contributed by atoms with Crippen molar-refractivity contribution >= 4 is 18.6 Å². The van der Waals surface area contributed by atoms with Gasteiger partial charge in [-0.15, -0.1) is 0 Å². The van der Waals surface area contributed by atoms with Crippen LogP contribution in [0.2, 0.25) is 0 Å². The van der Waals surface area contributed by atoms with E-state index < -0.39 is 7.82 Å². The lowest BCUT2D eigenvalue weighted by Crippen LogP contribution is -2.09. The Morgan fingerprint density at radius 3 is 1.61 bits per heavy atom. The van der Waals surface area contributed by atoms with Gasteiger partial charge in [0.15, 0.2) is 0 Å². The number of fused-ring (bicyclic) bond motifs is 1. The molecular formula is C26H25O4P. The Kier molecular flexibility index (Phi) is 5.75. The van der Waals surface area contributed by atoms with Gasteiger partial charge in [-0.3, -0.25) is 0 Å². The minimum absolute atomic E-state index is 0.442. The second-order valence-corrected chi connectivity index (χ2v) is 9.04. The van der Waals surface area contributed by atoms with Crippen LogP contribution in [0.4, 0.5) is 0 Å². The summed E-state index contributed by atoms with van der Waals surface area (Å²) in [7, 11) is -4.08. The second-order valence-electron chi connectivity index (χ2n) is 7.59. The van der Waals surface area contributed by atoms with Crippen LogP contribution in [0.15, 0.2) is 78.9 Å². The van der Waals surface area contributed by atoms with E-state index in [0.717, 1.165) is 33.0 Å². The molecule has 0 saturated carbocycles. The maximum atomic E-state index is 14.0. The highest BCUT2D eigenvalue weighted by atomic mass is 31.2. The Hall–Kier alpha value is -3.23. The summed E-state index contributed by atoms with van der Waals surface area (Å²) in [5, 5.41) is 1.81. The molecule has 0 aliphatic rings. The van der Waals surface area contributed by atoms with Crippen LogP contribution in [0.1, 0.15) is 22.3 Å². The predicted molar refractivity (Wildman–Crippen MR) is 125 cm³/mol. The molecule has 0 aliphatic heterocycles. The van der Waals surface area contributed by atoms with E-state index in [9.17, 15) is 4.57 Å². The lowest BCUT2D eigenvalue weighted by Gasteiger charge is -2.22. The molecule has 0 unspecified atom stereocenters. The number of benzene rings is 4. The van der Waals surface area contributed by atoms with Crippen LogP contribution in [-0.2, 0) is 4.57 Å². The Bertz CT molecular complexity index is 1230. The standard InChI is InChI=1S/C26H25O4P/c1-18-10-7-15-24(20(18)3)28-31(27,29-25-16-8-11-19(2)21(25)4)30-26-17-9-13-22-12-5-6-14-23(22)26/h5-17H,1-4H3. The first-order valence-electron chi connectivity index (χ1n) is 10.2. The second kappa shape index (κ2) is 8.49. The summed E-state index contributed by atoms with van der Waals surface area (Å²) in [5.74, 6) is 1.37. The molecule has 0 spiro atoms. The molecule has 0 fully saturated rings. The normalized spacial score (nSPS) is 11.4. The van der Waals surface area contributed by atoms with Gasteiger partial charge < -0.3 is 13.6 Å². The molecule has 4 rings (SSSR count). The smallest absolute Gasteiger partial charge is 0.386 e. The molecular weight excluding hydrogens is 407 g/mol. The molecule has 4 aromatic rings. The molecule has 4 aromatic carbocycles. The van der Waals surface area contributed by atoms with Crippen LogP contribution in [0.25, 0.3) is 10.8 Å². The van der Waals surface area contributed by atoms with Gasteiger partial charge in [0.2, 0.25) is 0 Å². The minimum Gasteiger partial charge on any atom is -0.386 e. The quantitative estimate of drug-likeness (QED) is 0.293. The van der Waals surface area contributed by atoms with E-state index in [2.05, 4.69) is 0 Å². The third kappa shape index (κ3) is 4.45. The first kappa shape index (κ1) is 21.0. The summed E-state index contributed by atoms with van der Waals surface area (Å²) in [5.41, 5.74) is 3.82. The third-order valence-electron chi connectivity index (χ3n) is 5.49. The van der Waals surface area contributed by atoms with Gasteiger partial charge in [-0.25, -0.2) is 0 Å². The average Bonchev–Trinajstić information content (AvgIpc) is 2.75. The SMILES string of the molecule is Cc1cccc(OP(=O)(Oc2cccc(C)c2C)Oc2cccc3ccccc23)c1C. The number of rotatable bonds is 6. The zero-order valence-electron chi connectivity index (χ0n) is 18.1. The molecule has 0 bridgehead atoms. The molecule has 0 amide bonds. The van der Waals surface area contributed by atoms with Gasteiger partial charge in [-0.2, -0.15) is 4.57 Å². The largest absolute Gasteiger partial charge is 0.647 e. The molecule has 0 atom stereocenters. The third-order valence-corrected chi connectivity index (χ3v) is 6.75. The highest BCUT2D eigenvalue weighted by molar-refractivity contribution is 7.49. The lowest BCUT2D eigenvalue weighted by molar-refractivity contribution is 0.298. The van der Waals surface area contributed by atoms with Crippen molar-refractivity contribution in [3.05, 3.63) is 101 Å². The number of phosphoric acid groups is 1. The lowest BCUT2D eigenvalue weighted by atomic mass is 10.1. The van der Waals surface area contributed by atoms with E-state index in [-0.39, 0.29) is 0 Å². The van der Waals surface area contributed by atoms with Crippen molar-refractivity contribution in [3.8, 4) is 17.2 Å². The summed E-state index contributed by atoms with van der Waals surface area (Å²) in [6, 6.07) is 24.6. The first-order chi connectivity index (χ1) is 14.9. The molecule has 0 N–H and O–H groups in total. The molecule has 158 valence electrons. The average molecular weight is 432 g/mol. The van der Waals surface area contributed by atoms with Crippen LogP contribution < -0.4 is 13.6 Å². The first-order valence-corrected chi connectivity index (χ1v) is 11.6. The monoisotopic (exact) mass is 432 g/mol. The molecule has 4 nitrogen and oxygen atoms in total. The summed E-state index contributed by atoms with van der Waals surface area (Å²) < 4.78 is 32.0. The van der Waals surface area contributed by atoms with Gasteiger partial charge in [-0.05, 0) is 73.5 Å². The van der Waals surface area contributed by atoms with E-state index in [1.807, 2.05) is 88.4 Å². The summed E-state index contributed by atoms with van der Waals surface area (Å²) in [6.45, 7) is 7.80. The van der Waals surface area contributed by atoms with Gasteiger partial charge in [-0.1, -0.05) is 60.7 Å². The van der Waals surface area contributed by atoms with Crippen LogP contribution in [0.5, 0.6) is 17.2 Å². The molecule has 5 heteroatoms. The zero-order valence-corrected chi connectivity index (χ0v) is 19.0. The molecule has 31 heavy (non-hydrogen) atoms. The van der Waals surface area contributed by atoms with Crippen LogP contribution in [0.3, 0.4) is 0 Å². The fourth-order valence-electron chi connectivity index (χ4n) is 3.34. The van der Waals surface area contributed by atoms with Crippen molar-refractivity contribution < 1.29 is 18.1 Å². The van der Waals surface area contributed by atoms with Crippen molar-refractivity contribution in [1.82, 2.24) is 0 Å². The molecule has 0 radical (unpaired) electrons. The summed E-state index contributed by atoms with van der Waals surface area (Å²) in [6.07, 6.45) is 0. The minimum atomic E-state index is -4.08. The Labute approximate surface area is 183 Å². The van der Waals surface area contributed by atoms with E-state index in [1.165, 1.54) is 0 Å². The van der Waals surface area contributed by atoms with Crippen molar-refractivity contribution in [1.29, 1.82) is 0 Å². The maximum absolute atomic E-state index is 14.0. The molecule has 0 aliphatic carbocycles. The number of hydrogen-bond acceptors (Lipinski definition) is 4. The van der Waals surface area contributed by atoms with E-state index in [0.29, 0.717) is 17.2 Å². The number of aryl methyl sites for hydroxylation is 2. The van der Waals surface area contributed by atoms with Gasteiger partial charge in [0, 0.05) is 5.39 Å². The fraction of sp³-hybridized carbons (Fsp3) is 0.154. The van der Waals surface area contributed by atoms with Crippen LogP contribution in [0, 0.1) is 27.7 Å². The Morgan fingerprint density at radius 2 is 1.00 bits per heavy atom. The molecule has 0 heterocycles. The Balaban J connectivity index is 1.79. The van der Waals surface area contributed by atoms with Crippen LogP contribution >= 0.6 is 7.82 Å². The maximum Gasteiger partial charge on any atom is 0.647 e.